The number of fused-ring (bicyclic) bond motifs is 1. The number of rotatable bonds is 6. The second kappa shape index (κ2) is 8.12. The van der Waals surface area contributed by atoms with E-state index in [1.54, 1.807) is 6.33 Å². The fourth-order valence-corrected chi connectivity index (χ4v) is 3.47. The lowest BCUT2D eigenvalue weighted by molar-refractivity contribution is -0.113. The quantitative estimate of drug-likeness (QED) is 0.508. The average molecular weight is 351 g/mol. The second-order valence-electron chi connectivity index (χ2n) is 5.93. The molecule has 25 heavy (non-hydrogen) atoms. The number of carbonyl (C=O) groups excluding carboxylic acids is 1. The van der Waals surface area contributed by atoms with Crippen molar-refractivity contribution in [2.24, 2.45) is 0 Å². The molecule has 1 aromatic heterocycles. The Morgan fingerprint density at radius 3 is 2.72 bits per heavy atom. The van der Waals surface area contributed by atoms with Crippen LogP contribution in [0.3, 0.4) is 0 Å². The number of anilines is 1. The van der Waals surface area contributed by atoms with Gasteiger partial charge in [0, 0.05) is 11.1 Å². The summed E-state index contributed by atoms with van der Waals surface area (Å²) >= 11 is 1.43. The Bertz CT molecular complexity index is 876. The lowest BCUT2D eigenvalue weighted by atomic mass is 9.97. The average Bonchev–Trinajstić information content (AvgIpc) is 2.66. The van der Waals surface area contributed by atoms with Gasteiger partial charge in [-0.05, 0) is 30.0 Å². The molecule has 0 unspecified atom stereocenters. The van der Waals surface area contributed by atoms with Crippen molar-refractivity contribution in [3.63, 3.8) is 0 Å². The van der Waals surface area contributed by atoms with Gasteiger partial charge in [-0.2, -0.15) is 0 Å². The third-order valence-corrected chi connectivity index (χ3v) is 5.23. The van der Waals surface area contributed by atoms with Gasteiger partial charge in [-0.15, -0.1) is 0 Å². The first kappa shape index (κ1) is 17.4. The molecule has 128 valence electrons. The predicted molar refractivity (Wildman–Crippen MR) is 104 cm³/mol. The summed E-state index contributed by atoms with van der Waals surface area (Å²) in [4.78, 5) is 21.0. The molecule has 0 aliphatic carbocycles. The Labute approximate surface area is 152 Å². The maximum absolute atomic E-state index is 12.4. The summed E-state index contributed by atoms with van der Waals surface area (Å²) in [6.07, 6.45) is 2.58. The van der Waals surface area contributed by atoms with E-state index >= 15 is 0 Å². The fraction of sp³-hybridized carbons (Fsp3) is 0.250. The van der Waals surface area contributed by atoms with E-state index in [1.807, 2.05) is 42.5 Å². The van der Waals surface area contributed by atoms with Gasteiger partial charge < -0.3 is 5.32 Å². The first-order chi connectivity index (χ1) is 12.2. The van der Waals surface area contributed by atoms with Crippen molar-refractivity contribution in [2.75, 3.05) is 11.1 Å². The van der Waals surface area contributed by atoms with E-state index in [4.69, 9.17) is 0 Å². The molecule has 1 amide bonds. The SMILES string of the molecule is CC[C@H](C)c1ccccc1NC(=O)CSc1ncnc2ccccc12. The highest BCUT2D eigenvalue weighted by Crippen LogP contribution is 2.27. The van der Waals surface area contributed by atoms with E-state index in [-0.39, 0.29) is 5.91 Å². The van der Waals surface area contributed by atoms with Crippen molar-refractivity contribution in [2.45, 2.75) is 31.2 Å². The molecule has 1 atom stereocenters. The number of hydrogen-bond donors (Lipinski definition) is 1. The highest BCUT2D eigenvalue weighted by Gasteiger charge is 2.12. The molecule has 0 saturated carbocycles. The highest BCUT2D eigenvalue weighted by atomic mass is 32.2. The summed E-state index contributed by atoms with van der Waals surface area (Å²) in [6.45, 7) is 4.33. The van der Waals surface area contributed by atoms with Crippen LogP contribution in [0.15, 0.2) is 59.9 Å². The van der Waals surface area contributed by atoms with Crippen LogP contribution >= 0.6 is 11.8 Å². The molecule has 1 heterocycles. The van der Waals surface area contributed by atoms with Gasteiger partial charge in [0.2, 0.25) is 5.91 Å². The first-order valence-corrected chi connectivity index (χ1v) is 9.39. The summed E-state index contributed by atoms with van der Waals surface area (Å²) in [5.41, 5.74) is 2.97. The van der Waals surface area contributed by atoms with Crippen LogP contribution in [-0.2, 0) is 4.79 Å². The van der Waals surface area contributed by atoms with Gasteiger partial charge in [0.15, 0.2) is 0 Å². The highest BCUT2D eigenvalue weighted by molar-refractivity contribution is 8.00. The molecule has 0 radical (unpaired) electrons. The lowest BCUT2D eigenvalue weighted by Crippen LogP contribution is -2.16. The third-order valence-electron chi connectivity index (χ3n) is 4.22. The Morgan fingerprint density at radius 1 is 1.12 bits per heavy atom. The molecule has 2 aromatic carbocycles. The number of para-hydroxylation sites is 2. The lowest BCUT2D eigenvalue weighted by Gasteiger charge is -2.15. The Balaban J connectivity index is 1.69. The monoisotopic (exact) mass is 351 g/mol. The van der Waals surface area contributed by atoms with Crippen molar-refractivity contribution < 1.29 is 4.79 Å². The Morgan fingerprint density at radius 2 is 1.88 bits per heavy atom. The van der Waals surface area contributed by atoms with Crippen LogP contribution < -0.4 is 5.32 Å². The van der Waals surface area contributed by atoms with Gasteiger partial charge in [0.05, 0.1) is 11.3 Å². The second-order valence-corrected chi connectivity index (χ2v) is 6.89. The van der Waals surface area contributed by atoms with Crippen LogP contribution in [0.5, 0.6) is 0 Å². The van der Waals surface area contributed by atoms with Crippen molar-refractivity contribution in [3.8, 4) is 0 Å². The molecule has 0 aliphatic heterocycles. The minimum atomic E-state index is -0.0246. The van der Waals surface area contributed by atoms with E-state index in [0.717, 1.165) is 28.0 Å². The molecule has 5 heteroatoms. The van der Waals surface area contributed by atoms with E-state index in [2.05, 4.69) is 35.2 Å². The number of amides is 1. The summed E-state index contributed by atoms with van der Waals surface area (Å²) in [7, 11) is 0. The van der Waals surface area contributed by atoms with Gasteiger partial charge in [-0.3, -0.25) is 4.79 Å². The maximum Gasteiger partial charge on any atom is 0.234 e. The zero-order valence-corrected chi connectivity index (χ0v) is 15.2. The van der Waals surface area contributed by atoms with Gasteiger partial charge in [0.25, 0.3) is 0 Å². The summed E-state index contributed by atoms with van der Waals surface area (Å²) in [5.74, 6) is 0.703. The number of hydrogen-bond acceptors (Lipinski definition) is 4. The van der Waals surface area contributed by atoms with E-state index in [1.165, 1.54) is 17.3 Å². The number of carbonyl (C=O) groups is 1. The van der Waals surface area contributed by atoms with Crippen LogP contribution in [0.1, 0.15) is 31.7 Å². The van der Waals surface area contributed by atoms with Crippen LogP contribution in [0.4, 0.5) is 5.69 Å². The predicted octanol–water partition coefficient (Wildman–Crippen LogP) is 4.87. The largest absolute Gasteiger partial charge is 0.325 e. The normalized spacial score (nSPS) is 12.1. The van der Waals surface area contributed by atoms with E-state index in [0.29, 0.717) is 11.7 Å². The minimum absolute atomic E-state index is 0.0246. The molecule has 0 fully saturated rings. The van der Waals surface area contributed by atoms with E-state index in [9.17, 15) is 4.79 Å². The first-order valence-electron chi connectivity index (χ1n) is 8.40. The number of nitrogens with one attached hydrogen (secondary N) is 1. The molecule has 4 nitrogen and oxygen atoms in total. The van der Waals surface area contributed by atoms with E-state index < -0.39 is 0 Å². The summed E-state index contributed by atoms with van der Waals surface area (Å²) < 4.78 is 0. The van der Waals surface area contributed by atoms with Crippen LogP contribution in [-0.4, -0.2) is 21.6 Å². The molecule has 0 bridgehead atoms. The summed E-state index contributed by atoms with van der Waals surface area (Å²) in [5, 5.41) is 4.85. The molecule has 3 aromatic rings. The number of thioether (sulfide) groups is 1. The van der Waals surface area contributed by atoms with Crippen molar-refractivity contribution in [3.05, 3.63) is 60.4 Å². The topological polar surface area (TPSA) is 54.9 Å². The summed E-state index contributed by atoms with van der Waals surface area (Å²) in [6, 6.07) is 15.8. The molecule has 0 saturated heterocycles. The third kappa shape index (κ3) is 4.17. The van der Waals surface area contributed by atoms with Gasteiger partial charge in [0.1, 0.15) is 11.4 Å². The zero-order chi connectivity index (χ0) is 17.6. The molecule has 1 N–H and O–H groups in total. The molecule has 0 aliphatic rings. The van der Waals surface area contributed by atoms with Gasteiger partial charge in [-0.25, -0.2) is 9.97 Å². The van der Waals surface area contributed by atoms with Crippen molar-refractivity contribution >= 4 is 34.3 Å². The number of aromatic nitrogens is 2. The zero-order valence-electron chi connectivity index (χ0n) is 14.4. The standard InChI is InChI=1S/C20H21N3OS/c1-3-14(2)15-8-4-7-11-18(15)23-19(24)12-25-20-16-9-5-6-10-17(16)21-13-22-20/h4-11,13-14H,3,12H2,1-2H3,(H,23,24)/t14-/m0/s1. The van der Waals surface area contributed by atoms with Gasteiger partial charge in [-0.1, -0.05) is 62.0 Å². The van der Waals surface area contributed by atoms with Gasteiger partial charge >= 0.3 is 0 Å². The minimum Gasteiger partial charge on any atom is -0.325 e. The van der Waals surface area contributed by atoms with Crippen molar-refractivity contribution in [1.29, 1.82) is 0 Å². The smallest absolute Gasteiger partial charge is 0.234 e. The Hall–Kier alpha value is -2.40. The van der Waals surface area contributed by atoms with Crippen LogP contribution in [0.2, 0.25) is 0 Å². The van der Waals surface area contributed by atoms with Crippen LogP contribution in [0.25, 0.3) is 10.9 Å². The molecule has 3 rings (SSSR count). The number of nitrogens with zero attached hydrogens (tertiary/aromatic N) is 2. The Kier molecular flexibility index (Phi) is 5.66. The molecular weight excluding hydrogens is 330 g/mol. The molecule has 0 spiro atoms. The number of benzene rings is 2. The van der Waals surface area contributed by atoms with Crippen LogP contribution in [0, 0.1) is 0 Å². The fourth-order valence-electron chi connectivity index (χ4n) is 2.68. The van der Waals surface area contributed by atoms with Crippen molar-refractivity contribution in [1.82, 2.24) is 9.97 Å². The maximum atomic E-state index is 12.4. The molecular formula is C20H21N3OS.